The number of para-hydroxylation sites is 1. The number of nitrogens with one attached hydrogen (secondary N) is 2. The maximum atomic E-state index is 12.6. The second kappa shape index (κ2) is 9.30. The van der Waals surface area contributed by atoms with Crippen molar-refractivity contribution in [2.45, 2.75) is 18.9 Å². The molecular formula is C18H19Cl3N2O2. The van der Waals surface area contributed by atoms with Crippen LogP contribution in [0.4, 0.5) is 0 Å². The van der Waals surface area contributed by atoms with Gasteiger partial charge in [0.1, 0.15) is 17.1 Å². The first kappa shape index (κ1) is 19.9. The molecule has 0 aromatic heterocycles. The summed E-state index contributed by atoms with van der Waals surface area (Å²) in [7, 11) is 0. The van der Waals surface area contributed by atoms with Crippen molar-refractivity contribution in [1.82, 2.24) is 10.6 Å². The number of amides is 1. The highest BCUT2D eigenvalue weighted by atomic mass is 35.5. The number of hydrogen-bond donors (Lipinski definition) is 2. The lowest BCUT2D eigenvalue weighted by atomic mass is 10.1. The predicted molar refractivity (Wildman–Crippen MR) is 104 cm³/mol. The summed E-state index contributed by atoms with van der Waals surface area (Å²) in [6, 6.07) is 12.5. The topological polar surface area (TPSA) is 50.4 Å². The third-order valence-corrected chi connectivity index (χ3v) is 4.56. The third-order valence-electron chi connectivity index (χ3n) is 3.93. The summed E-state index contributed by atoms with van der Waals surface area (Å²) in [4.78, 5) is 12.6. The summed E-state index contributed by atoms with van der Waals surface area (Å²) >= 11 is 12.4. The molecule has 2 aromatic carbocycles. The number of hydrogen-bond acceptors (Lipinski definition) is 3. The molecule has 1 atom stereocenters. The van der Waals surface area contributed by atoms with Crippen LogP contribution in [0.1, 0.15) is 23.2 Å². The summed E-state index contributed by atoms with van der Waals surface area (Å²) in [6.07, 6.45) is 2.19. The lowest BCUT2D eigenvalue weighted by Gasteiger charge is -2.15. The van der Waals surface area contributed by atoms with Gasteiger partial charge in [-0.2, -0.15) is 0 Å². The molecular weight excluding hydrogens is 383 g/mol. The van der Waals surface area contributed by atoms with E-state index in [9.17, 15) is 4.79 Å². The van der Waals surface area contributed by atoms with Gasteiger partial charge in [0.15, 0.2) is 0 Å². The Hall–Kier alpha value is -1.46. The molecule has 7 heteroatoms. The molecule has 3 rings (SSSR count). The molecule has 25 heavy (non-hydrogen) atoms. The van der Waals surface area contributed by atoms with Gasteiger partial charge in [-0.3, -0.25) is 4.79 Å². The fraction of sp³-hybridized carbons (Fsp3) is 0.278. The molecule has 1 aliphatic rings. The van der Waals surface area contributed by atoms with E-state index in [0.29, 0.717) is 39.7 Å². The average molecular weight is 402 g/mol. The predicted octanol–water partition coefficient (Wildman–Crippen LogP) is 4.69. The number of rotatable bonds is 5. The van der Waals surface area contributed by atoms with Crippen molar-refractivity contribution in [1.29, 1.82) is 0 Å². The van der Waals surface area contributed by atoms with Crippen molar-refractivity contribution in [2.24, 2.45) is 0 Å². The average Bonchev–Trinajstić information content (AvgIpc) is 3.08. The van der Waals surface area contributed by atoms with E-state index in [2.05, 4.69) is 10.6 Å². The van der Waals surface area contributed by atoms with Crippen LogP contribution < -0.4 is 15.4 Å². The molecule has 1 saturated heterocycles. The summed E-state index contributed by atoms with van der Waals surface area (Å²) in [5, 5.41) is 7.08. The van der Waals surface area contributed by atoms with Gasteiger partial charge >= 0.3 is 0 Å². The van der Waals surface area contributed by atoms with Crippen molar-refractivity contribution >= 4 is 41.5 Å². The van der Waals surface area contributed by atoms with Gasteiger partial charge in [-0.1, -0.05) is 41.4 Å². The minimum atomic E-state index is -0.253. The van der Waals surface area contributed by atoms with E-state index < -0.39 is 0 Å². The molecule has 1 amide bonds. The van der Waals surface area contributed by atoms with Crippen LogP contribution in [0.25, 0.3) is 0 Å². The van der Waals surface area contributed by atoms with Crippen LogP contribution >= 0.6 is 35.6 Å². The second-order valence-corrected chi connectivity index (χ2v) is 6.46. The van der Waals surface area contributed by atoms with Crippen LogP contribution in [-0.4, -0.2) is 25.0 Å². The normalized spacial score (nSPS) is 16.2. The molecule has 1 fully saturated rings. The lowest BCUT2D eigenvalue weighted by Crippen LogP contribution is -2.37. The summed E-state index contributed by atoms with van der Waals surface area (Å²) in [5.74, 6) is 0.608. The van der Waals surface area contributed by atoms with Crippen LogP contribution in [0.15, 0.2) is 42.5 Å². The minimum absolute atomic E-state index is 0. The first-order valence-electron chi connectivity index (χ1n) is 7.87. The molecule has 0 spiro atoms. The molecule has 134 valence electrons. The van der Waals surface area contributed by atoms with Crippen molar-refractivity contribution < 1.29 is 9.53 Å². The van der Waals surface area contributed by atoms with Gasteiger partial charge in [-0.15, -0.1) is 12.4 Å². The van der Waals surface area contributed by atoms with Gasteiger partial charge in [0.05, 0.1) is 10.0 Å². The molecule has 4 nitrogen and oxygen atoms in total. The van der Waals surface area contributed by atoms with E-state index in [-0.39, 0.29) is 18.3 Å². The molecule has 0 bridgehead atoms. The highest BCUT2D eigenvalue weighted by molar-refractivity contribution is 6.34. The number of benzene rings is 2. The van der Waals surface area contributed by atoms with Crippen LogP contribution in [0.3, 0.4) is 0 Å². The summed E-state index contributed by atoms with van der Waals surface area (Å²) in [5.41, 5.74) is 0.317. The monoisotopic (exact) mass is 400 g/mol. The smallest absolute Gasteiger partial charge is 0.256 e. The van der Waals surface area contributed by atoms with E-state index in [0.717, 1.165) is 19.4 Å². The highest BCUT2D eigenvalue weighted by Gasteiger charge is 2.20. The molecule has 1 heterocycles. The zero-order valence-electron chi connectivity index (χ0n) is 13.4. The summed E-state index contributed by atoms with van der Waals surface area (Å²) < 4.78 is 5.82. The summed E-state index contributed by atoms with van der Waals surface area (Å²) in [6.45, 7) is 1.56. The quantitative estimate of drug-likeness (QED) is 0.764. The Bertz CT molecular complexity index is 734. The van der Waals surface area contributed by atoms with Crippen molar-refractivity contribution in [3.8, 4) is 11.5 Å². The Morgan fingerprint density at radius 2 is 1.84 bits per heavy atom. The first-order chi connectivity index (χ1) is 11.6. The molecule has 1 aliphatic heterocycles. The van der Waals surface area contributed by atoms with Gasteiger partial charge in [0.2, 0.25) is 0 Å². The SMILES string of the molecule is Cl.O=C(NCC1CCCN1)c1c(Cl)cccc1Oc1ccccc1Cl. The standard InChI is InChI=1S/C18H18Cl2N2O2.ClH/c19-13-6-1-2-8-15(13)24-16-9-3-7-14(20)17(16)18(23)22-11-12-5-4-10-21-12;/h1-3,6-9,12,21H,4-5,10-11H2,(H,22,23);1H. The van der Waals surface area contributed by atoms with E-state index >= 15 is 0 Å². The van der Waals surface area contributed by atoms with Gasteiger partial charge in [-0.05, 0) is 43.7 Å². The Labute approximate surface area is 163 Å². The minimum Gasteiger partial charge on any atom is -0.455 e. The van der Waals surface area contributed by atoms with Gasteiger partial charge in [0.25, 0.3) is 5.91 Å². The van der Waals surface area contributed by atoms with E-state index in [1.165, 1.54) is 0 Å². The number of carbonyl (C=O) groups excluding carboxylic acids is 1. The van der Waals surface area contributed by atoms with E-state index in [1.54, 1.807) is 30.3 Å². The maximum Gasteiger partial charge on any atom is 0.256 e. The number of carbonyl (C=O) groups is 1. The van der Waals surface area contributed by atoms with E-state index in [1.807, 2.05) is 12.1 Å². The van der Waals surface area contributed by atoms with Gasteiger partial charge in [0, 0.05) is 12.6 Å². The Morgan fingerprint density at radius 1 is 1.12 bits per heavy atom. The fourth-order valence-electron chi connectivity index (χ4n) is 2.69. The maximum absolute atomic E-state index is 12.6. The van der Waals surface area contributed by atoms with E-state index in [4.69, 9.17) is 27.9 Å². The van der Waals surface area contributed by atoms with Crippen molar-refractivity contribution in [3.63, 3.8) is 0 Å². The highest BCUT2D eigenvalue weighted by Crippen LogP contribution is 2.33. The lowest BCUT2D eigenvalue weighted by molar-refractivity contribution is 0.0948. The van der Waals surface area contributed by atoms with Crippen LogP contribution in [0.5, 0.6) is 11.5 Å². The molecule has 0 aliphatic carbocycles. The number of ether oxygens (including phenoxy) is 1. The Morgan fingerprint density at radius 3 is 2.56 bits per heavy atom. The number of halogens is 3. The van der Waals surface area contributed by atoms with Crippen LogP contribution in [0.2, 0.25) is 10.0 Å². The fourth-order valence-corrected chi connectivity index (χ4v) is 3.12. The van der Waals surface area contributed by atoms with Crippen LogP contribution in [0, 0.1) is 0 Å². The molecule has 2 aromatic rings. The van der Waals surface area contributed by atoms with Crippen LogP contribution in [-0.2, 0) is 0 Å². The molecule has 2 N–H and O–H groups in total. The Kier molecular flexibility index (Phi) is 7.38. The second-order valence-electron chi connectivity index (χ2n) is 5.65. The zero-order chi connectivity index (χ0) is 16.9. The largest absolute Gasteiger partial charge is 0.455 e. The Balaban J connectivity index is 0.00000225. The van der Waals surface area contributed by atoms with Gasteiger partial charge in [-0.25, -0.2) is 0 Å². The molecule has 0 saturated carbocycles. The van der Waals surface area contributed by atoms with Crippen molar-refractivity contribution in [2.75, 3.05) is 13.1 Å². The zero-order valence-corrected chi connectivity index (χ0v) is 15.8. The molecule has 0 radical (unpaired) electrons. The first-order valence-corrected chi connectivity index (χ1v) is 8.63. The van der Waals surface area contributed by atoms with Crippen molar-refractivity contribution in [3.05, 3.63) is 58.1 Å². The van der Waals surface area contributed by atoms with Gasteiger partial charge < -0.3 is 15.4 Å². The molecule has 1 unspecified atom stereocenters. The third kappa shape index (κ3) is 5.02.